The predicted octanol–water partition coefficient (Wildman–Crippen LogP) is 2.54. The van der Waals surface area contributed by atoms with Crippen LogP contribution in [0.1, 0.15) is 18.1 Å². The van der Waals surface area contributed by atoms with E-state index in [1.165, 1.54) is 63.6 Å². The van der Waals surface area contributed by atoms with E-state index in [0.29, 0.717) is 11.1 Å². The minimum atomic E-state index is -1.86. The summed E-state index contributed by atoms with van der Waals surface area (Å²) in [6, 6.07) is 8.68. The van der Waals surface area contributed by atoms with Crippen molar-refractivity contribution in [3.05, 3.63) is 53.6 Å². The van der Waals surface area contributed by atoms with Gasteiger partial charge in [0.25, 0.3) is 0 Å². The van der Waals surface area contributed by atoms with Gasteiger partial charge >= 0.3 is 5.97 Å². The number of methoxy groups -OCH3 is 2. The number of rotatable bonds is 6. The van der Waals surface area contributed by atoms with Crippen molar-refractivity contribution >= 4 is 12.0 Å². The van der Waals surface area contributed by atoms with Crippen LogP contribution < -0.4 is 9.47 Å². The van der Waals surface area contributed by atoms with Gasteiger partial charge in [-0.05, 0) is 48.0 Å². The Bertz CT molecular complexity index is 782. The van der Waals surface area contributed by atoms with Crippen molar-refractivity contribution in [1.29, 1.82) is 0 Å². The van der Waals surface area contributed by atoms with Crippen molar-refractivity contribution in [1.82, 2.24) is 0 Å². The number of ether oxygens (including phenoxy) is 3. The highest BCUT2D eigenvalue weighted by atomic mass is 16.7. The van der Waals surface area contributed by atoms with Gasteiger partial charge in [-0.2, -0.15) is 0 Å². The molecule has 3 N–H and O–H groups in total. The molecule has 0 spiro atoms. The van der Waals surface area contributed by atoms with E-state index in [-0.39, 0.29) is 23.0 Å². The van der Waals surface area contributed by atoms with Crippen LogP contribution >= 0.6 is 0 Å². The van der Waals surface area contributed by atoms with E-state index >= 15 is 0 Å². The van der Waals surface area contributed by atoms with E-state index in [1.54, 1.807) is 0 Å². The number of carbonyl (C=O) groups excluding carboxylic acids is 1. The van der Waals surface area contributed by atoms with Crippen molar-refractivity contribution in [2.45, 2.75) is 12.7 Å². The summed E-state index contributed by atoms with van der Waals surface area (Å²) < 4.78 is 15.1. The van der Waals surface area contributed by atoms with Crippen molar-refractivity contribution in [2.75, 3.05) is 14.2 Å². The van der Waals surface area contributed by atoms with Gasteiger partial charge in [-0.15, -0.1) is 0 Å². The van der Waals surface area contributed by atoms with Gasteiger partial charge in [0.05, 0.1) is 14.2 Å². The number of esters is 1. The summed E-state index contributed by atoms with van der Waals surface area (Å²) in [5.41, 5.74) is 0.836. The summed E-state index contributed by atoms with van der Waals surface area (Å²) in [5, 5.41) is 29.5. The number of hydrogen-bond acceptors (Lipinski definition) is 7. The molecule has 7 heteroatoms. The van der Waals surface area contributed by atoms with Crippen LogP contribution in [0.2, 0.25) is 0 Å². The van der Waals surface area contributed by atoms with Gasteiger partial charge in [0.1, 0.15) is 5.75 Å². The highest BCUT2D eigenvalue weighted by molar-refractivity contribution is 5.87. The average molecular weight is 360 g/mol. The van der Waals surface area contributed by atoms with Gasteiger partial charge in [-0.3, -0.25) is 0 Å². The second-order valence-electron chi connectivity index (χ2n) is 5.56. The van der Waals surface area contributed by atoms with E-state index in [1.807, 2.05) is 0 Å². The second kappa shape index (κ2) is 7.79. The quantitative estimate of drug-likeness (QED) is 0.413. The summed E-state index contributed by atoms with van der Waals surface area (Å²) in [7, 11) is 2.79. The van der Waals surface area contributed by atoms with Crippen LogP contribution in [0.15, 0.2) is 42.5 Å². The van der Waals surface area contributed by atoms with Crippen LogP contribution in [0.5, 0.6) is 23.0 Å². The van der Waals surface area contributed by atoms with Crippen LogP contribution in [-0.4, -0.2) is 35.5 Å². The standard InChI is InChI=1S/C19H20O7/c1-19(23,13-5-7-14(20)8-6-13)26-17(21)9-4-12-10-15(24-2)18(22)16(11-12)25-3/h4-11,20,22-23H,1-3H3/b9-4+. The lowest BCUT2D eigenvalue weighted by atomic mass is 10.1. The summed E-state index contributed by atoms with van der Waals surface area (Å²) in [6.45, 7) is 1.32. The summed E-state index contributed by atoms with van der Waals surface area (Å²) in [5.74, 6) is -2.38. The summed E-state index contributed by atoms with van der Waals surface area (Å²) in [4.78, 5) is 12.0. The molecule has 0 aliphatic carbocycles. The number of carbonyl (C=O) groups is 1. The molecule has 7 nitrogen and oxygen atoms in total. The fourth-order valence-electron chi connectivity index (χ4n) is 2.23. The highest BCUT2D eigenvalue weighted by Crippen LogP contribution is 2.37. The molecule has 0 heterocycles. The third-order valence-electron chi connectivity index (χ3n) is 3.62. The molecule has 0 fully saturated rings. The molecule has 0 bridgehead atoms. The van der Waals surface area contributed by atoms with Crippen molar-refractivity contribution in [3.63, 3.8) is 0 Å². The van der Waals surface area contributed by atoms with Crippen molar-refractivity contribution in [3.8, 4) is 23.0 Å². The van der Waals surface area contributed by atoms with Crippen LogP contribution in [0.3, 0.4) is 0 Å². The first-order valence-electron chi connectivity index (χ1n) is 7.64. The van der Waals surface area contributed by atoms with Gasteiger partial charge in [0, 0.05) is 18.6 Å². The maximum atomic E-state index is 12.0. The zero-order chi connectivity index (χ0) is 19.3. The van der Waals surface area contributed by atoms with Gasteiger partial charge in [0.15, 0.2) is 11.5 Å². The molecular weight excluding hydrogens is 340 g/mol. The molecule has 1 unspecified atom stereocenters. The lowest BCUT2D eigenvalue weighted by molar-refractivity contribution is -0.201. The molecule has 2 aromatic carbocycles. The average Bonchev–Trinajstić information content (AvgIpc) is 2.60. The number of aliphatic hydroxyl groups is 1. The maximum absolute atomic E-state index is 12.0. The van der Waals surface area contributed by atoms with Gasteiger partial charge in [-0.25, -0.2) is 4.79 Å². The molecular formula is C19H20O7. The first-order chi connectivity index (χ1) is 12.3. The van der Waals surface area contributed by atoms with Gasteiger partial charge < -0.3 is 29.5 Å². The zero-order valence-electron chi connectivity index (χ0n) is 14.6. The molecule has 2 rings (SSSR count). The molecule has 26 heavy (non-hydrogen) atoms. The fourth-order valence-corrected chi connectivity index (χ4v) is 2.23. The Balaban J connectivity index is 2.15. The smallest absolute Gasteiger partial charge is 0.333 e. The third kappa shape index (κ3) is 4.46. The Hall–Kier alpha value is -3.19. The first kappa shape index (κ1) is 19.1. The minimum absolute atomic E-state index is 0.0333. The lowest BCUT2D eigenvalue weighted by Crippen LogP contribution is -2.27. The Labute approximate surface area is 150 Å². The molecule has 0 aromatic heterocycles. The molecule has 0 saturated heterocycles. The third-order valence-corrected chi connectivity index (χ3v) is 3.62. The van der Waals surface area contributed by atoms with Crippen molar-refractivity contribution < 1.29 is 34.3 Å². The second-order valence-corrected chi connectivity index (χ2v) is 5.56. The summed E-state index contributed by atoms with van der Waals surface area (Å²) in [6.07, 6.45) is 2.56. The molecule has 0 amide bonds. The van der Waals surface area contributed by atoms with E-state index in [2.05, 4.69) is 0 Å². The van der Waals surface area contributed by atoms with Crippen molar-refractivity contribution in [2.24, 2.45) is 0 Å². The number of aromatic hydroxyl groups is 2. The Kier molecular flexibility index (Phi) is 5.74. The number of benzene rings is 2. The number of phenols is 2. The molecule has 1 atom stereocenters. The highest BCUT2D eigenvalue weighted by Gasteiger charge is 2.27. The largest absolute Gasteiger partial charge is 0.508 e. The van der Waals surface area contributed by atoms with Crippen LogP contribution in [0, 0.1) is 0 Å². The zero-order valence-corrected chi connectivity index (χ0v) is 14.6. The Morgan fingerprint density at radius 3 is 2.08 bits per heavy atom. The molecule has 0 saturated carbocycles. The van der Waals surface area contributed by atoms with Crippen LogP contribution in [-0.2, 0) is 15.3 Å². The number of hydrogen-bond donors (Lipinski definition) is 3. The molecule has 0 aliphatic heterocycles. The maximum Gasteiger partial charge on any atom is 0.333 e. The Morgan fingerprint density at radius 2 is 1.58 bits per heavy atom. The molecule has 0 radical (unpaired) electrons. The number of phenolic OH excluding ortho intramolecular Hbond substituents is 2. The van der Waals surface area contributed by atoms with Gasteiger partial charge in [-0.1, -0.05) is 0 Å². The summed E-state index contributed by atoms with van der Waals surface area (Å²) >= 11 is 0. The van der Waals surface area contributed by atoms with Crippen LogP contribution in [0.25, 0.3) is 6.08 Å². The monoisotopic (exact) mass is 360 g/mol. The topological polar surface area (TPSA) is 105 Å². The lowest BCUT2D eigenvalue weighted by Gasteiger charge is -2.23. The van der Waals surface area contributed by atoms with E-state index in [0.717, 1.165) is 6.08 Å². The van der Waals surface area contributed by atoms with Crippen LogP contribution in [0.4, 0.5) is 0 Å². The van der Waals surface area contributed by atoms with E-state index in [4.69, 9.17) is 14.2 Å². The predicted molar refractivity (Wildman–Crippen MR) is 94.0 cm³/mol. The van der Waals surface area contributed by atoms with E-state index in [9.17, 15) is 20.1 Å². The van der Waals surface area contributed by atoms with Gasteiger partial charge in [0.2, 0.25) is 11.5 Å². The SMILES string of the molecule is COc1cc(/C=C/C(=O)OC(C)(O)c2ccc(O)cc2)cc(OC)c1O. The molecule has 138 valence electrons. The first-order valence-corrected chi connectivity index (χ1v) is 7.64. The molecule has 2 aromatic rings. The minimum Gasteiger partial charge on any atom is -0.508 e. The van der Waals surface area contributed by atoms with E-state index < -0.39 is 11.8 Å². The molecule has 0 aliphatic rings. The Morgan fingerprint density at radius 1 is 1.04 bits per heavy atom. The fraction of sp³-hybridized carbons (Fsp3) is 0.211. The normalized spacial score (nSPS) is 13.2.